The predicted octanol–water partition coefficient (Wildman–Crippen LogP) is 1.39. The van der Waals surface area contributed by atoms with E-state index in [0.717, 1.165) is 43.8 Å². The van der Waals surface area contributed by atoms with E-state index >= 15 is 0 Å². The molecule has 3 rings (SSSR count). The van der Waals surface area contributed by atoms with Crippen LogP contribution in [0.5, 0.6) is 0 Å². The highest BCUT2D eigenvalue weighted by molar-refractivity contribution is 6.10. The summed E-state index contributed by atoms with van der Waals surface area (Å²) in [4.78, 5) is 21.5. The Morgan fingerprint density at radius 2 is 2.00 bits per heavy atom. The Morgan fingerprint density at radius 3 is 2.76 bits per heavy atom. The summed E-state index contributed by atoms with van der Waals surface area (Å²) in [7, 11) is 0. The lowest BCUT2D eigenvalue weighted by Crippen LogP contribution is -2.43. The third kappa shape index (κ3) is 5.61. The summed E-state index contributed by atoms with van der Waals surface area (Å²) in [6.45, 7) is 4.88. The fraction of sp³-hybridized carbons (Fsp3) is 0.375. The molecule has 1 saturated heterocycles. The van der Waals surface area contributed by atoms with Crippen molar-refractivity contribution in [2.24, 2.45) is 10.7 Å². The average Bonchev–Trinajstić information content (AvgIpc) is 3.00. The van der Waals surface area contributed by atoms with Gasteiger partial charge in [0.25, 0.3) is 5.91 Å². The van der Waals surface area contributed by atoms with Gasteiger partial charge in [-0.05, 0) is 6.07 Å². The Morgan fingerprint density at radius 1 is 1.28 bits per heavy atom. The molecule has 4 N–H and O–H groups in total. The van der Waals surface area contributed by atoms with Crippen LogP contribution in [0, 0.1) is 0 Å². The first-order valence-electron chi connectivity index (χ1n) is 7.72. The lowest BCUT2D eigenvalue weighted by molar-refractivity contribution is 0.0389. The zero-order valence-electron chi connectivity index (χ0n) is 13.7. The molecule has 138 valence electrons. The number of aromatic amines is 1. The fourth-order valence-electron chi connectivity index (χ4n) is 2.62. The number of guanidine groups is 1. The van der Waals surface area contributed by atoms with E-state index in [9.17, 15) is 4.79 Å². The molecule has 0 atom stereocenters. The first-order chi connectivity index (χ1) is 11.2. The maximum Gasteiger partial charge on any atom is 0.282 e. The van der Waals surface area contributed by atoms with Crippen molar-refractivity contribution in [1.82, 2.24) is 15.2 Å². The van der Waals surface area contributed by atoms with Crippen LogP contribution >= 0.6 is 24.8 Å². The molecule has 1 aliphatic rings. The molecule has 1 aliphatic heterocycles. The van der Waals surface area contributed by atoms with Gasteiger partial charge in [0.2, 0.25) is 0 Å². The number of benzene rings is 1. The van der Waals surface area contributed by atoms with Gasteiger partial charge in [-0.15, -0.1) is 24.8 Å². The Balaban J connectivity index is 0.00000156. The molecule has 25 heavy (non-hydrogen) atoms. The summed E-state index contributed by atoms with van der Waals surface area (Å²) in [5, 5.41) is 3.83. The standard InChI is InChI=1S/C16H21N5O2.2ClH/c17-16(18-5-6-21-7-9-23-10-8-21)20-15(22)13-11-19-14-4-2-1-3-12(13)14;;/h1-4,11,19H,5-10H2,(H3,17,18,20,22);2*1H. The first-order valence-corrected chi connectivity index (χ1v) is 7.72. The van der Waals surface area contributed by atoms with Crippen molar-refractivity contribution < 1.29 is 9.53 Å². The van der Waals surface area contributed by atoms with Crippen LogP contribution in [0.15, 0.2) is 35.5 Å². The molecule has 0 bridgehead atoms. The molecule has 0 spiro atoms. The molecular formula is C16H23Cl2N5O2. The Bertz CT molecular complexity index is 713. The number of aliphatic imine (C=N–C) groups is 1. The van der Waals surface area contributed by atoms with E-state index in [4.69, 9.17) is 10.5 Å². The molecule has 7 nitrogen and oxygen atoms in total. The van der Waals surface area contributed by atoms with Gasteiger partial charge in [0.1, 0.15) is 0 Å². The smallest absolute Gasteiger partial charge is 0.282 e. The lowest BCUT2D eigenvalue weighted by Gasteiger charge is -2.26. The van der Waals surface area contributed by atoms with Gasteiger partial charge in [-0.1, -0.05) is 18.2 Å². The number of nitrogens with one attached hydrogen (secondary N) is 2. The number of hydrogen-bond acceptors (Lipinski definition) is 3. The van der Waals surface area contributed by atoms with Crippen LogP contribution in [0.25, 0.3) is 10.9 Å². The van der Waals surface area contributed by atoms with Gasteiger partial charge in [0.15, 0.2) is 5.96 Å². The highest BCUT2D eigenvalue weighted by Gasteiger charge is 2.12. The molecule has 1 aromatic heterocycles. The number of hydrogen-bond donors (Lipinski definition) is 3. The van der Waals surface area contributed by atoms with Crippen LogP contribution in [0.4, 0.5) is 0 Å². The molecule has 1 amide bonds. The number of rotatable bonds is 4. The molecule has 0 aliphatic carbocycles. The van der Waals surface area contributed by atoms with Crippen LogP contribution in [-0.4, -0.2) is 61.1 Å². The fourth-order valence-corrected chi connectivity index (χ4v) is 2.62. The van der Waals surface area contributed by atoms with Gasteiger partial charge in [-0.3, -0.25) is 9.69 Å². The van der Waals surface area contributed by atoms with Crippen molar-refractivity contribution in [1.29, 1.82) is 0 Å². The monoisotopic (exact) mass is 387 g/mol. The summed E-state index contributed by atoms with van der Waals surface area (Å²) in [6, 6.07) is 7.61. The van der Waals surface area contributed by atoms with E-state index in [2.05, 4.69) is 20.2 Å². The average molecular weight is 388 g/mol. The van der Waals surface area contributed by atoms with E-state index in [1.165, 1.54) is 0 Å². The highest BCUT2D eigenvalue weighted by atomic mass is 35.5. The molecule has 9 heteroatoms. The van der Waals surface area contributed by atoms with Crippen molar-refractivity contribution in [3.05, 3.63) is 36.0 Å². The van der Waals surface area contributed by atoms with E-state index in [1.54, 1.807) is 6.20 Å². The zero-order valence-corrected chi connectivity index (χ0v) is 15.4. The molecule has 0 saturated carbocycles. The normalized spacial score (nSPS) is 15.3. The van der Waals surface area contributed by atoms with E-state index in [0.29, 0.717) is 12.1 Å². The van der Waals surface area contributed by atoms with Gasteiger partial charge in [-0.2, -0.15) is 4.99 Å². The highest BCUT2D eigenvalue weighted by Crippen LogP contribution is 2.18. The van der Waals surface area contributed by atoms with Gasteiger partial charge in [0.05, 0.1) is 18.8 Å². The number of fused-ring (bicyclic) bond motifs is 1. The number of H-pyrrole nitrogens is 1. The number of carbonyl (C=O) groups is 1. The minimum absolute atomic E-state index is 0. The number of nitrogens with two attached hydrogens (primary N) is 1. The van der Waals surface area contributed by atoms with Crippen molar-refractivity contribution >= 4 is 47.6 Å². The van der Waals surface area contributed by atoms with E-state index in [-0.39, 0.29) is 36.7 Å². The van der Waals surface area contributed by atoms with Gasteiger partial charge < -0.3 is 20.8 Å². The maximum atomic E-state index is 12.2. The Kier molecular flexibility index (Phi) is 8.71. The van der Waals surface area contributed by atoms with Gasteiger partial charge in [0, 0.05) is 43.3 Å². The topological polar surface area (TPSA) is 95.7 Å². The number of para-hydroxylation sites is 1. The second-order valence-corrected chi connectivity index (χ2v) is 5.43. The molecule has 0 radical (unpaired) electrons. The largest absolute Gasteiger partial charge is 0.379 e. The number of carbonyl (C=O) groups excluding carboxylic acids is 1. The van der Waals surface area contributed by atoms with Gasteiger partial charge in [-0.25, -0.2) is 0 Å². The molecule has 1 aromatic carbocycles. The van der Waals surface area contributed by atoms with Crippen LogP contribution in [-0.2, 0) is 4.74 Å². The third-order valence-electron chi connectivity index (χ3n) is 3.88. The molecule has 2 aromatic rings. The number of aromatic nitrogens is 1. The maximum absolute atomic E-state index is 12.2. The molecular weight excluding hydrogens is 365 g/mol. The second-order valence-electron chi connectivity index (χ2n) is 5.43. The Hall–Kier alpha value is -1.80. The first kappa shape index (κ1) is 21.2. The molecule has 2 heterocycles. The third-order valence-corrected chi connectivity index (χ3v) is 3.88. The van der Waals surface area contributed by atoms with Crippen molar-refractivity contribution in [2.45, 2.75) is 0 Å². The van der Waals surface area contributed by atoms with Crippen molar-refractivity contribution in [3.63, 3.8) is 0 Å². The van der Waals surface area contributed by atoms with Gasteiger partial charge >= 0.3 is 0 Å². The van der Waals surface area contributed by atoms with Crippen LogP contribution in [0.2, 0.25) is 0 Å². The van der Waals surface area contributed by atoms with Crippen molar-refractivity contribution in [2.75, 3.05) is 39.4 Å². The molecule has 0 unspecified atom stereocenters. The number of ether oxygens (including phenoxy) is 1. The minimum Gasteiger partial charge on any atom is -0.379 e. The number of halogens is 2. The molecule has 1 fully saturated rings. The SMILES string of the molecule is Cl.Cl.NC(=NC(=O)c1c[nH]c2ccccc12)NCCN1CCOCC1. The number of amides is 1. The Labute approximate surface area is 158 Å². The van der Waals surface area contributed by atoms with E-state index < -0.39 is 0 Å². The minimum atomic E-state index is -0.348. The predicted molar refractivity (Wildman–Crippen MR) is 104 cm³/mol. The van der Waals surface area contributed by atoms with Crippen molar-refractivity contribution in [3.8, 4) is 0 Å². The van der Waals surface area contributed by atoms with E-state index in [1.807, 2.05) is 24.3 Å². The van der Waals surface area contributed by atoms with Crippen LogP contribution < -0.4 is 11.1 Å². The summed E-state index contributed by atoms with van der Waals surface area (Å²) >= 11 is 0. The van der Waals surface area contributed by atoms with Crippen LogP contribution in [0.3, 0.4) is 0 Å². The lowest BCUT2D eigenvalue weighted by atomic mass is 10.2. The van der Waals surface area contributed by atoms with Crippen LogP contribution in [0.1, 0.15) is 10.4 Å². The summed E-state index contributed by atoms with van der Waals surface area (Å²) < 4.78 is 5.30. The number of morpholine rings is 1. The summed E-state index contributed by atoms with van der Waals surface area (Å²) in [5.74, 6) is -0.202. The number of nitrogens with zero attached hydrogens (tertiary/aromatic N) is 2. The summed E-state index contributed by atoms with van der Waals surface area (Å²) in [6.07, 6.45) is 1.66. The quantitative estimate of drug-likeness (QED) is 0.544. The summed E-state index contributed by atoms with van der Waals surface area (Å²) in [5.41, 5.74) is 7.24. The second kappa shape index (κ2) is 10.2. The zero-order chi connectivity index (χ0) is 16.1.